The monoisotopic (exact) mass is 114 g/mol. The molecule has 2 nitrogen and oxygen atoms in total. The Labute approximate surface area is 50.1 Å². The summed E-state index contributed by atoms with van der Waals surface area (Å²) in [5, 5.41) is 11.4. The molecule has 1 saturated carbocycles. The first-order valence-corrected chi connectivity index (χ1v) is 3.17. The summed E-state index contributed by atoms with van der Waals surface area (Å²) in [5.41, 5.74) is 0. The van der Waals surface area contributed by atoms with Crippen LogP contribution in [0.5, 0.6) is 0 Å². The lowest BCUT2D eigenvalue weighted by Gasteiger charge is -2.33. The van der Waals surface area contributed by atoms with Crippen molar-refractivity contribution >= 4 is 0 Å². The van der Waals surface area contributed by atoms with Crippen molar-refractivity contribution in [3.8, 4) is 0 Å². The molecule has 1 fully saturated rings. The van der Waals surface area contributed by atoms with Crippen LogP contribution < -0.4 is 0 Å². The zero-order chi connectivity index (χ0) is 5.98. The van der Waals surface area contributed by atoms with Gasteiger partial charge in [-0.1, -0.05) is 6.42 Å². The van der Waals surface area contributed by atoms with Gasteiger partial charge in [-0.3, -0.25) is 0 Å². The van der Waals surface area contributed by atoms with Gasteiger partial charge in [-0.2, -0.15) is 0 Å². The second-order valence-electron chi connectivity index (χ2n) is 2.61. The van der Waals surface area contributed by atoms with Crippen molar-refractivity contribution in [2.45, 2.75) is 19.3 Å². The van der Waals surface area contributed by atoms with Gasteiger partial charge < -0.3 is 10.3 Å². The lowest BCUT2D eigenvalue weighted by atomic mass is 9.85. The smallest absolute Gasteiger partial charge is 0.0118 e. The summed E-state index contributed by atoms with van der Waals surface area (Å²) in [5.74, 6) is 0.720. The largest absolute Gasteiger partial charge is 0.785 e. The molecule has 0 bridgehead atoms. The van der Waals surface area contributed by atoms with Crippen molar-refractivity contribution in [3.63, 3.8) is 0 Å². The molecule has 0 atom stereocenters. The molecular formula is C6H12NO-. The molecule has 0 radical (unpaired) electrons. The van der Waals surface area contributed by atoms with Crippen LogP contribution in [0.4, 0.5) is 0 Å². The molecule has 0 aromatic heterocycles. The predicted molar refractivity (Wildman–Crippen MR) is 33.3 cm³/mol. The van der Waals surface area contributed by atoms with Gasteiger partial charge in [0.05, 0.1) is 0 Å². The van der Waals surface area contributed by atoms with E-state index in [-0.39, 0.29) is 0 Å². The van der Waals surface area contributed by atoms with Crippen molar-refractivity contribution in [1.29, 1.82) is 0 Å². The summed E-state index contributed by atoms with van der Waals surface area (Å²) in [4.78, 5) is 0. The fourth-order valence-corrected chi connectivity index (χ4v) is 1.04. The molecule has 2 heteroatoms. The second-order valence-corrected chi connectivity index (χ2v) is 2.61. The molecule has 0 N–H and O–H groups in total. The quantitative estimate of drug-likeness (QED) is 0.504. The first-order chi connectivity index (χ1) is 3.79. The molecule has 0 amide bonds. The molecule has 0 spiro atoms. The fraction of sp³-hybridized carbons (Fsp3) is 1.00. The summed E-state index contributed by atoms with van der Waals surface area (Å²) in [7, 11) is 1.60. The number of hydroxylamine groups is 2. The zero-order valence-corrected chi connectivity index (χ0v) is 5.26. The second kappa shape index (κ2) is 2.46. The van der Waals surface area contributed by atoms with Gasteiger partial charge in [0.1, 0.15) is 0 Å². The van der Waals surface area contributed by atoms with Gasteiger partial charge in [0.15, 0.2) is 0 Å². The number of hydrogen-bond donors (Lipinski definition) is 0. The van der Waals surface area contributed by atoms with E-state index >= 15 is 0 Å². The first-order valence-electron chi connectivity index (χ1n) is 3.17. The fourth-order valence-electron chi connectivity index (χ4n) is 1.04. The van der Waals surface area contributed by atoms with Crippen LogP contribution in [0.15, 0.2) is 0 Å². The van der Waals surface area contributed by atoms with Gasteiger partial charge in [-0.05, 0) is 32.4 Å². The molecule has 0 aliphatic heterocycles. The number of rotatable bonds is 2. The third-order valence-electron chi connectivity index (χ3n) is 1.74. The van der Waals surface area contributed by atoms with Crippen LogP contribution >= 0.6 is 0 Å². The third-order valence-corrected chi connectivity index (χ3v) is 1.74. The van der Waals surface area contributed by atoms with Crippen LogP contribution in [0.25, 0.3) is 0 Å². The van der Waals surface area contributed by atoms with Crippen LogP contribution in [0.1, 0.15) is 19.3 Å². The van der Waals surface area contributed by atoms with E-state index < -0.39 is 0 Å². The Kier molecular flexibility index (Phi) is 1.86. The van der Waals surface area contributed by atoms with E-state index in [4.69, 9.17) is 0 Å². The highest BCUT2D eigenvalue weighted by Crippen LogP contribution is 2.26. The Morgan fingerprint density at radius 1 is 1.62 bits per heavy atom. The lowest BCUT2D eigenvalue weighted by molar-refractivity contribution is 0.246. The van der Waals surface area contributed by atoms with Crippen LogP contribution in [0, 0.1) is 11.1 Å². The minimum absolute atomic E-state index is 0.720. The minimum atomic E-state index is 0.720. The summed E-state index contributed by atoms with van der Waals surface area (Å²) < 4.78 is 0. The van der Waals surface area contributed by atoms with Crippen LogP contribution in [-0.4, -0.2) is 18.7 Å². The normalized spacial score (nSPS) is 21.4. The highest BCUT2D eigenvalue weighted by molar-refractivity contribution is 4.72. The van der Waals surface area contributed by atoms with Crippen molar-refractivity contribution < 1.29 is 0 Å². The number of hydrogen-bond acceptors (Lipinski definition) is 2. The van der Waals surface area contributed by atoms with E-state index in [9.17, 15) is 5.21 Å². The lowest BCUT2D eigenvalue weighted by Crippen LogP contribution is -2.25. The first kappa shape index (κ1) is 6.05. The molecule has 0 heterocycles. The Morgan fingerprint density at radius 2 is 2.25 bits per heavy atom. The van der Waals surface area contributed by atoms with Crippen LogP contribution in [-0.2, 0) is 0 Å². The van der Waals surface area contributed by atoms with Gasteiger partial charge in [-0.15, -0.1) is 0 Å². The Hall–Kier alpha value is -0.0800. The minimum Gasteiger partial charge on any atom is -0.785 e. The van der Waals surface area contributed by atoms with Crippen molar-refractivity contribution in [2.24, 2.45) is 5.92 Å². The van der Waals surface area contributed by atoms with Gasteiger partial charge in [0.2, 0.25) is 0 Å². The predicted octanol–water partition coefficient (Wildman–Crippen LogP) is 1.22. The van der Waals surface area contributed by atoms with E-state index in [0.717, 1.165) is 17.5 Å². The van der Waals surface area contributed by atoms with Gasteiger partial charge in [-0.25, -0.2) is 0 Å². The van der Waals surface area contributed by atoms with E-state index in [1.165, 1.54) is 19.3 Å². The van der Waals surface area contributed by atoms with Crippen molar-refractivity contribution in [2.75, 3.05) is 13.6 Å². The summed E-state index contributed by atoms with van der Waals surface area (Å²) in [6, 6.07) is 0. The molecule has 0 saturated heterocycles. The van der Waals surface area contributed by atoms with E-state index in [2.05, 4.69) is 0 Å². The van der Waals surface area contributed by atoms with Crippen LogP contribution in [0.2, 0.25) is 0 Å². The summed E-state index contributed by atoms with van der Waals surface area (Å²) in [6.07, 6.45) is 3.87. The zero-order valence-electron chi connectivity index (χ0n) is 5.26. The maximum Gasteiger partial charge on any atom is -0.0118 e. The van der Waals surface area contributed by atoms with Crippen LogP contribution in [0.3, 0.4) is 0 Å². The molecule has 8 heavy (non-hydrogen) atoms. The van der Waals surface area contributed by atoms with Gasteiger partial charge in [0.25, 0.3) is 0 Å². The summed E-state index contributed by atoms with van der Waals surface area (Å²) in [6.45, 7) is 0.750. The molecule has 1 aliphatic rings. The highest BCUT2D eigenvalue weighted by Gasteiger charge is 2.15. The average molecular weight is 114 g/mol. The highest BCUT2D eigenvalue weighted by atomic mass is 16.5. The Bertz CT molecular complexity index is 68.9. The molecule has 1 aliphatic carbocycles. The average Bonchev–Trinajstić information content (AvgIpc) is 1.55. The SMILES string of the molecule is CN([O-])CC1CCC1. The standard InChI is InChI=1S/C6H12NO/c1-7(8)5-6-3-2-4-6/h6H,2-5H2,1H3/q-1. The molecule has 48 valence electrons. The summed E-state index contributed by atoms with van der Waals surface area (Å²) >= 11 is 0. The van der Waals surface area contributed by atoms with Crippen molar-refractivity contribution in [3.05, 3.63) is 5.21 Å². The number of nitrogens with zero attached hydrogens (tertiary/aromatic N) is 1. The van der Waals surface area contributed by atoms with E-state index in [0.29, 0.717) is 0 Å². The maximum absolute atomic E-state index is 10.4. The molecule has 0 aromatic rings. The van der Waals surface area contributed by atoms with E-state index in [1.54, 1.807) is 7.05 Å². The third kappa shape index (κ3) is 1.46. The Balaban J connectivity index is 2.01. The molecule has 1 rings (SSSR count). The Morgan fingerprint density at radius 3 is 2.38 bits per heavy atom. The maximum atomic E-state index is 10.4. The topological polar surface area (TPSA) is 26.3 Å². The van der Waals surface area contributed by atoms with Gasteiger partial charge >= 0.3 is 0 Å². The molecule has 0 unspecified atom stereocenters. The van der Waals surface area contributed by atoms with Crippen molar-refractivity contribution in [1.82, 2.24) is 5.06 Å². The van der Waals surface area contributed by atoms with Gasteiger partial charge in [0, 0.05) is 0 Å². The van der Waals surface area contributed by atoms with E-state index in [1.807, 2.05) is 0 Å². The molecular weight excluding hydrogens is 102 g/mol. The molecule has 0 aromatic carbocycles.